The average molecular weight is 433 g/mol. The highest BCUT2D eigenvalue weighted by molar-refractivity contribution is 7.89. The fourth-order valence-electron chi connectivity index (χ4n) is 4.12. The number of ether oxygens (including phenoxy) is 2. The van der Waals surface area contributed by atoms with Gasteiger partial charge in [0.05, 0.1) is 19.1 Å². The van der Waals surface area contributed by atoms with Crippen LogP contribution >= 0.6 is 0 Å². The van der Waals surface area contributed by atoms with E-state index in [1.165, 1.54) is 0 Å². The number of para-hydroxylation sites is 1. The van der Waals surface area contributed by atoms with Crippen LogP contribution in [0.25, 0.3) is 43.8 Å². The van der Waals surface area contributed by atoms with Crippen molar-refractivity contribution in [3.63, 3.8) is 0 Å². The molecule has 0 aliphatic rings. The van der Waals surface area contributed by atoms with Crippen LogP contribution in [0.2, 0.25) is 0 Å². The van der Waals surface area contributed by atoms with Gasteiger partial charge in [0.2, 0.25) is 10.0 Å². The molecule has 5 aromatic rings. The fraction of sp³-hybridized carbons (Fsp3) is 0.0833. The monoisotopic (exact) mass is 433 g/mol. The zero-order valence-corrected chi connectivity index (χ0v) is 17.7. The molecule has 0 bridgehead atoms. The van der Waals surface area contributed by atoms with Gasteiger partial charge in [-0.05, 0) is 24.3 Å². The Labute approximate surface area is 178 Å². The van der Waals surface area contributed by atoms with E-state index in [-0.39, 0.29) is 4.90 Å². The number of primary sulfonamides is 1. The van der Waals surface area contributed by atoms with Crippen LogP contribution in [0.5, 0.6) is 11.5 Å². The number of sulfonamides is 1. The normalized spacial score (nSPS) is 12.0. The van der Waals surface area contributed by atoms with Crippen LogP contribution in [0.15, 0.2) is 76.0 Å². The molecule has 0 saturated heterocycles. The summed E-state index contributed by atoms with van der Waals surface area (Å²) in [6, 6.07) is 20.1. The van der Waals surface area contributed by atoms with Gasteiger partial charge in [-0.3, -0.25) is 0 Å². The van der Waals surface area contributed by atoms with E-state index in [1.54, 1.807) is 44.6 Å². The lowest BCUT2D eigenvalue weighted by atomic mass is 9.98. The van der Waals surface area contributed by atoms with Gasteiger partial charge in [0.25, 0.3) is 0 Å². The average Bonchev–Trinajstić information content (AvgIpc) is 3.13. The standard InChI is InChI=1S/C24H19NO5S/c1-28-21-13-19(24(31(25,26)27)16-9-4-3-7-14(16)21)18-12-23-17(11-22(18)29-2)15-8-5-6-10-20(15)30-23/h3-13H,1-2H3,(H2,25,26,27). The Balaban J connectivity index is 1.94. The summed E-state index contributed by atoms with van der Waals surface area (Å²) in [6.07, 6.45) is 0. The molecule has 5 rings (SSSR count). The molecule has 1 aromatic heterocycles. The van der Waals surface area contributed by atoms with Gasteiger partial charge in [-0.25, -0.2) is 13.6 Å². The highest BCUT2D eigenvalue weighted by Crippen LogP contribution is 2.44. The maximum atomic E-state index is 12.7. The van der Waals surface area contributed by atoms with Gasteiger partial charge in [0.15, 0.2) is 0 Å². The van der Waals surface area contributed by atoms with E-state index in [1.807, 2.05) is 36.4 Å². The molecule has 0 aliphatic heterocycles. The van der Waals surface area contributed by atoms with Crippen LogP contribution in [0.3, 0.4) is 0 Å². The van der Waals surface area contributed by atoms with Crippen molar-refractivity contribution in [2.24, 2.45) is 5.14 Å². The van der Waals surface area contributed by atoms with E-state index in [2.05, 4.69) is 0 Å². The van der Waals surface area contributed by atoms with E-state index in [0.29, 0.717) is 39.0 Å². The lowest BCUT2D eigenvalue weighted by molar-refractivity contribution is 0.416. The quantitative estimate of drug-likeness (QED) is 0.427. The summed E-state index contributed by atoms with van der Waals surface area (Å²) in [5, 5.41) is 8.64. The van der Waals surface area contributed by atoms with Crippen molar-refractivity contribution < 1.29 is 22.3 Å². The van der Waals surface area contributed by atoms with Crippen molar-refractivity contribution in [2.75, 3.05) is 14.2 Å². The number of rotatable bonds is 4. The minimum Gasteiger partial charge on any atom is -0.496 e. The third-order valence-corrected chi connectivity index (χ3v) is 6.46. The molecule has 2 N–H and O–H groups in total. The maximum Gasteiger partial charge on any atom is 0.239 e. The first-order chi connectivity index (χ1) is 14.9. The van der Waals surface area contributed by atoms with Gasteiger partial charge in [0.1, 0.15) is 22.7 Å². The lowest BCUT2D eigenvalue weighted by Crippen LogP contribution is -2.14. The Morgan fingerprint density at radius 2 is 1.35 bits per heavy atom. The molecule has 31 heavy (non-hydrogen) atoms. The summed E-state index contributed by atoms with van der Waals surface area (Å²) in [5.74, 6) is 1.03. The Hall–Kier alpha value is -3.55. The van der Waals surface area contributed by atoms with Gasteiger partial charge in [-0.2, -0.15) is 0 Å². The minimum atomic E-state index is -4.08. The van der Waals surface area contributed by atoms with Crippen LogP contribution in [0.1, 0.15) is 0 Å². The number of hydrogen-bond donors (Lipinski definition) is 1. The van der Waals surface area contributed by atoms with E-state index in [0.717, 1.165) is 16.4 Å². The smallest absolute Gasteiger partial charge is 0.239 e. The Morgan fingerprint density at radius 3 is 2.03 bits per heavy atom. The Bertz CT molecular complexity index is 1580. The number of fused-ring (bicyclic) bond motifs is 4. The molecule has 0 fully saturated rings. The molecule has 0 aliphatic carbocycles. The van der Waals surface area contributed by atoms with Gasteiger partial charge < -0.3 is 13.9 Å². The molecule has 0 saturated carbocycles. The number of methoxy groups -OCH3 is 2. The molecular formula is C24H19NO5S. The van der Waals surface area contributed by atoms with Crippen LogP contribution in [-0.4, -0.2) is 22.6 Å². The molecule has 7 heteroatoms. The van der Waals surface area contributed by atoms with Gasteiger partial charge in [0, 0.05) is 32.7 Å². The van der Waals surface area contributed by atoms with Crippen LogP contribution in [0, 0.1) is 0 Å². The molecule has 156 valence electrons. The second kappa shape index (κ2) is 7.01. The van der Waals surface area contributed by atoms with Gasteiger partial charge in [-0.1, -0.05) is 42.5 Å². The number of benzene rings is 4. The molecular weight excluding hydrogens is 414 g/mol. The highest BCUT2D eigenvalue weighted by Gasteiger charge is 2.25. The van der Waals surface area contributed by atoms with Crippen molar-refractivity contribution in [1.82, 2.24) is 0 Å². The van der Waals surface area contributed by atoms with E-state index in [9.17, 15) is 8.42 Å². The summed E-state index contributed by atoms with van der Waals surface area (Å²) in [6.45, 7) is 0. The first-order valence-electron chi connectivity index (χ1n) is 9.54. The maximum absolute atomic E-state index is 12.7. The van der Waals surface area contributed by atoms with Crippen LogP contribution in [0.4, 0.5) is 0 Å². The predicted molar refractivity (Wildman–Crippen MR) is 121 cm³/mol. The van der Waals surface area contributed by atoms with Crippen molar-refractivity contribution in [1.29, 1.82) is 0 Å². The first-order valence-corrected chi connectivity index (χ1v) is 11.1. The minimum absolute atomic E-state index is 0.0117. The summed E-state index contributed by atoms with van der Waals surface area (Å²) >= 11 is 0. The Morgan fingerprint density at radius 1 is 0.710 bits per heavy atom. The van der Waals surface area contributed by atoms with Crippen LogP contribution in [-0.2, 0) is 10.0 Å². The highest BCUT2D eigenvalue weighted by atomic mass is 32.2. The lowest BCUT2D eigenvalue weighted by Gasteiger charge is -2.17. The van der Waals surface area contributed by atoms with Crippen LogP contribution < -0.4 is 14.6 Å². The Kier molecular flexibility index (Phi) is 4.39. The second-order valence-corrected chi connectivity index (χ2v) is 8.69. The van der Waals surface area contributed by atoms with E-state index in [4.69, 9.17) is 19.0 Å². The SMILES string of the molecule is COc1cc2c(cc1-c1cc(OC)c3ccccc3c1S(N)(=O)=O)oc1ccccc12. The van der Waals surface area contributed by atoms with Crippen molar-refractivity contribution in [3.8, 4) is 22.6 Å². The molecule has 4 aromatic carbocycles. The summed E-state index contributed by atoms with van der Waals surface area (Å²) in [4.78, 5) is 0.0117. The summed E-state index contributed by atoms with van der Waals surface area (Å²) in [5.41, 5.74) is 2.28. The van der Waals surface area contributed by atoms with E-state index >= 15 is 0 Å². The molecule has 0 atom stereocenters. The third kappa shape index (κ3) is 3.01. The molecule has 6 nitrogen and oxygen atoms in total. The third-order valence-electron chi connectivity index (χ3n) is 5.45. The van der Waals surface area contributed by atoms with Crippen molar-refractivity contribution >= 4 is 42.7 Å². The summed E-state index contributed by atoms with van der Waals surface area (Å²) in [7, 11) is -0.991. The van der Waals surface area contributed by atoms with E-state index < -0.39 is 10.0 Å². The van der Waals surface area contributed by atoms with Crippen molar-refractivity contribution in [3.05, 3.63) is 66.7 Å². The topological polar surface area (TPSA) is 91.8 Å². The number of furan rings is 1. The first kappa shape index (κ1) is 19.4. The largest absolute Gasteiger partial charge is 0.496 e. The molecule has 0 spiro atoms. The number of nitrogens with two attached hydrogens (primary N) is 1. The fourth-order valence-corrected chi connectivity index (χ4v) is 5.08. The van der Waals surface area contributed by atoms with Gasteiger partial charge >= 0.3 is 0 Å². The zero-order valence-electron chi connectivity index (χ0n) is 16.9. The molecule has 0 unspecified atom stereocenters. The summed E-state index contributed by atoms with van der Waals surface area (Å²) < 4.78 is 42.7. The second-order valence-electron chi connectivity index (χ2n) is 7.19. The molecule has 0 amide bonds. The van der Waals surface area contributed by atoms with Gasteiger partial charge in [-0.15, -0.1) is 0 Å². The zero-order chi connectivity index (χ0) is 21.8. The van der Waals surface area contributed by atoms with Crippen molar-refractivity contribution in [2.45, 2.75) is 4.90 Å². The molecule has 0 radical (unpaired) electrons. The molecule has 1 heterocycles. The predicted octanol–water partition coefficient (Wildman–Crippen LogP) is 5.07. The number of hydrogen-bond acceptors (Lipinski definition) is 5.